The third-order valence-electron chi connectivity index (χ3n) is 1.39. The van der Waals surface area contributed by atoms with Crippen LogP contribution >= 0.6 is 11.8 Å². The Morgan fingerprint density at radius 3 is 2.45 bits per heavy atom. The third kappa shape index (κ3) is 2.33. The van der Waals surface area contributed by atoms with Crippen molar-refractivity contribution >= 4 is 18.1 Å². The van der Waals surface area contributed by atoms with E-state index in [0.717, 1.165) is 11.8 Å². The molecule has 1 aromatic carbocycles. The molecule has 0 spiro atoms. The van der Waals surface area contributed by atoms with E-state index in [2.05, 4.69) is 4.84 Å². The van der Waals surface area contributed by atoms with Crippen LogP contribution in [0.1, 0.15) is 15.9 Å². The lowest BCUT2D eigenvalue weighted by Gasteiger charge is -1.96. The maximum atomic E-state index is 10.2. The van der Waals surface area contributed by atoms with E-state index >= 15 is 0 Å². The molecule has 3 heteroatoms. The monoisotopic (exact) mass is 169 g/mol. The minimum atomic E-state index is 0.612. The Balaban J connectivity index is 2.74. The largest absolute Gasteiger partial charge is 0.298 e. The predicted octanol–water partition coefficient (Wildman–Crippen LogP) is 1.74. The molecule has 0 bridgehead atoms. The molecule has 1 aromatic rings. The maximum Gasteiger partial charge on any atom is 0.150 e. The number of halogens is 1. The molecule has 0 saturated heterocycles. The van der Waals surface area contributed by atoms with Crippen molar-refractivity contribution in [2.45, 2.75) is 6.54 Å². The fourth-order valence-corrected chi connectivity index (χ4v) is 0.946. The number of hydrogen-bond donors (Lipinski definition) is 1. The molecule has 0 fully saturated rings. The molecule has 58 valence electrons. The molecule has 0 aliphatic carbocycles. The van der Waals surface area contributed by atoms with Gasteiger partial charge in [-0.05, 0) is 17.3 Å². The van der Waals surface area contributed by atoms with Crippen LogP contribution in [0.15, 0.2) is 24.3 Å². The minimum Gasteiger partial charge on any atom is -0.298 e. The van der Waals surface area contributed by atoms with Gasteiger partial charge in [0.05, 0.1) is 0 Å². The van der Waals surface area contributed by atoms with Crippen molar-refractivity contribution < 1.29 is 4.79 Å². The van der Waals surface area contributed by atoms with Crippen LogP contribution in [0.3, 0.4) is 0 Å². The van der Waals surface area contributed by atoms with Crippen molar-refractivity contribution in [2.24, 2.45) is 0 Å². The van der Waals surface area contributed by atoms with E-state index in [0.29, 0.717) is 12.1 Å². The van der Waals surface area contributed by atoms with Gasteiger partial charge in [-0.3, -0.25) is 4.79 Å². The summed E-state index contributed by atoms with van der Waals surface area (Å²) in [5, 5.41) is 0. The SMILES string of the molecule is O=Cc1ccc(CNCl)cc1. The van der Waals surface area contributed by atoms with Crippen LogP contribution in [0, 0.1) is 0 Å². The number of aldehydes is 1. The van der Waals surface area contributed by atoms with Gasteiger partial charge in [0, 0.05) is 12.1 Å². The van der Waals surface area contributed by atoms with E-state index in [1.807, 2.05) is 12.1 Å². The summed E-state index contributed by atoms with van der Waals surface area (Å²) in [5.74, 6) is 0. The third-order valence-corrected chi connectivity index (χ3v) is 1.52. The van der Waals surface area contributed by atoms with Crippen molar-refractivity contribution in [2.75, 3.05) is 0 Å². The summed E-state index contributed by atoms with van der Waals surface area (Å²) in [7, 11) is 0. The number of hydrogen-bond acceptors (Lipinski definition) is 2. The fourth-order valence-electron chi connectivity index (χ4n) is 0.791. The summed E-state index contributed by atoms with van der Waals surface area (Å²) >= 11 is 5.29. The van der Waals surface area contributed by atoms with Gasteiger partial charge in [0.25, 0.3) is 0 Å². The van der Waals surface area contributed by atoms with Crippen LogP contribution in [0.25, 0.3) is 0 Å². The van der Waals surface area contributed by atoms with Crippen molar-refractivity contribution in [1.29, 1.82) is 0 Å². The first-order valence-corrected chi connectivity index (χ1v) is 3.62. The Morgan fingerprint density at radius 2 is 2.00 bits per heavy atom. The Bertz CT molecular complexity index is 232. The molecule has 0 amide bonds. The first-order chi connectivity index (χ1) is 5.36. The van der Waals surface area contributed by atoms with E-state index in [1.54, 1.807) is 12.1 Å². The number of carbonyl (C=O) groups is 1. The quantitative estimate of drug-likeness (QED) is 0.552. The highest BCUT2D eigenvalue weighted by Crippen LogP contribution is 2.01. The average molecular weight is 170 g/mol. The van der Waals surface area contributed by atoms with E-state index in [-0.39, 0.29) is 0 Å². The van der Waals surface area contributed by atoms with E-state index < -0.39 is 0 Å². The van der Waals surface area contributed by atoms with Crippen LogP contribution < -0.4 is 4.84 Å². The highest BCUT2D eigenvalue weighted by atomic mass is 35.5. The van der Waals surface area contributed by atoms with E-state index in [1.165, 1.54) is 0 Å². The van der Waals surface area contributed by atoms with Crippen molar-refractivity contribution in [3.05, 3.63) is 35.4 Å². The van der Waals surface area contributed by atoms with Gasteiger partial charge in [0.2, 0.25) is 0 Å². The molecule has 0 heterocycles. The molecular formula is C8H8ClNO. The molecule has 0 saturated carbocycles. The summed E-state index contributed by atoms with van der Waals surface area (Å²) in [5.41, 5.74) is 1.74. The zero-order valence-corrected chi connectivity index (χ0v) is 6.64. The topological polar surface area (TPSA) is 29.1 Å². The molecule has 0 unspecified atom stereocenters. The minimum absolute atomic E-state index is 0.612. The molecule has 2 nitrogen and oxygen atoms in total. The smallest absolute Gasteiger partial charge is 0.150 e. The van der Waals surface area contributed by atoms with Gasteiger partial charge in [-0.1, -0.05) is 24.3 Å². The lowest BCUT2D eigenvalue weighted by molar-refractivity contribution is 0.112. The molecule has 0 aromatic heterocycles. The molecule has 1 rings (SSSR count). The van der Waals surface area contributed by atoms with Gasteiger partial charge in [-0.2, -0.15) is 0 Å². The van der Waals surface area contributed by atoms with E-state index in [9.17, 15) is 4.79 Å². The Morgan fingerprint density at radius 1 is 1.36 bits per heavy atom. The number of rotatable bonds is 3. The molecular weight excluding hydrogens is 162 g/mol. The maximum absolute atomic E-state index is 10.2. The molecule has 0 aliphatic rings. The Kier molecular flexibility index (Phi) is 3.08. The van der Waals surface area contributed by atoms with Gasteiger partial charge in [0.15, 0.2) is 0 Å². The van der Waals surface area contributed by atoms with Gasteiger partial charge in [-0.25, -0.2) is 4.84 Å². The highest BCUT2D eigenvalue weighted by Gasteiger charge is 1.91. The summed E-state index contributed by atoms with van der Waals surface area (Å²) in [6, 6.07) is 7.24. The van der Waals surface area contributed by atoms with Gasteiger partial charge in [0.1, 0.15) is 6.29 Å². The van der Waals surface area contributed by atoms with Crippen LogP contribution in [-0.4, -0.2) is 6.29 Å². The predicted molar refractivity (Wildman–Crippen MR) is 44.5 cm³/mol. The second-order valence-corrected chi connectivity index (χ2v) is 2.44. The Labute approximate surface area is 70.3 Å². The summed E-state index contributed by atoms with van der Waals surface area (Å²) in [4.78, 5) is 12.7. The summed E-state index contributed by atoms with van der Waals surface area (Å²) < 4.78 is 0. The summed E-state index contributed by atoms with van der Waals surface area (Å²) in [6.07, 6.45) is 0.817. The molecule has 0 atom stereocenters. The first kappa shape index (κ1) is 8.24. The second-order valence-electron chi connectivity index (χ2n) is 2.17. The van der Waals surface area contributed by atoms with Crippen molar-refractivity contribution in [3.63, 3.8) is 0 Å². The number of carbonyl (C=O) groups excluding carboxylic acids is 1. The summed E-state index contributed by atoms with van der Waals surface area (Å²) in [6.45, 7) is 0.612. The fraction of sp³-hybridized carbons (Fsp3) is 0.125. The van der Waals surface area contributed by atoms with Crippen LogP contribution in [0.4, 0.5) is 0 Å². The van der Waals surface area contributed by atoms with Crippen molar-refractivity contribution in [1.82, 2.24) is 4.84 Å². The zero-order chi connectivity index (χ0) is 8.10. The van der Waals surface area contributed by atoms with Gasteiger partial charge in [-0.15, -0.1) is 0 Å². The lowest BCUT2D eigenvalue weighted by Crippen LogP contribution is -1.97. The molecule has 0 aliphatic heterocycles. The Hall–Kier alpha value is -0.860. The standard InChI is InChI=1S/C8H8ClNO/c9-10-5-7-1-3-8(6-11)4-2-7/h1-4,6,10H,5H2. The highest BCUT2D eigenvalue weighted by molar-refractivity contribution is 6.13. The lowest BCUT2D eigenvalue weighted by atomic mass is 10.1. The first-order valence-electron chi connectivity index (χ1n) is 3.24. The molecule has 11 heavy (non-hydrogen) atoms. The van der Waals surface area contributed by atoms with Crippen LogP contribution in [0.5, 0.6) is 0 Å². The van der Waals surface area contributed by atoms with Gasteiger partial charge >= 0.3 is 0 Å². The molecule has 1 N–H and O–H groups in total. The average Bonchev–Trinajstić information content (AvgIpc) is 2.07. The number of benzene rings is 1. The molecule has 0 radical (unpaired) electrons. The number of nitrogens with one attached hydrogen (secondary N) is 1. The van der Waals surface area contributed by atoms with Gasteiger partial charge < -0.3 is 0 Å². The van der Waals surface area contributed by atoms with Crippen molar-refractivity contribution in [3.8, 4) is 0 Å². The second kappa shape index (κ2) is 4.11. The van der Waals surface area contributed by atoms with Crippen LogP contribution in [0.2, 0.25) is 0 Å². The van der Waals surface area contributed by atoms with E-state index in [4.69, 9.17) is 11.8 Å². The zero-order valence-electron chi connectivity index (χ0n) is 5.88. The normalized spacial score (nSPS) is 9.55. The van der Waals surface area contributed by atoms with Crippen LogP contribution in [-0.2, 0) is 6.54 Å².